The van der Waals surface area contributed by atoms with Crippen LogP contribution < -0.4 is 0 Å². The molecule has 0 aliphatic carbocycles. The molecule has 0 aliphatic rings. The van der Waals surface area contributed by atoms with Crippen molar-refractivity contribution in [3.8, 4) is 112 Å². The predicted molar refractivity (Wildman–Crippen MR) is 525 cm³/mol. The summed E-state index contributed by atoms with van der Waals surface area (Å²) in [7, 11) is 2.02. The lowest BCUT2D eigenvalue weighted by atomic mass is 9.88. The molecule has 0 radical (unpaired) electrons. The molecule has 588 valence electrons. The first kappa shape index (κ1) is 74.2. The molecular weight excluding hydrogens is 1530 g/mol. The van der Waals surface area contributed by atoms with E-state index in [0.29, 0.717) is 0 Å². The summed E-state index contributed by atoms with van der Waals surface area (Å²) < 4.78 is 2.04. The highest BCUT2D eigenvalue weighted by Gasteiger charge is 2.22. The first-order valence-corrected chi connectivity index (χ1v) is 42.5. The minimum absolute atomic E-state index is 0.931. The lowest BCUT2D eigenvalue weighted by Gasteiger charge is -2.16. The van der Waals surface area contributed by atoms with Crippen LogP contribution in [0.2, 0.25) is 0 Å². The minimum Gasteiger partial charge on any atom is -0.334 e. The number of hydrogen-bond donors (Lipinski definition) is 0. The lowest BCUT2D eigenvalue weighted by molar-refractivity contribution is 0.948. The van der Waals surface area contributed by atoms with Crippen LogP contribution in [0.1, 0.15) is 0 Å². The maximum atomic E-state index is 5.05. The number of pyridine rings is 7. The number of aromatic nitrogens is 9. The van der Waals surface area contributed by atoms with Crippen molar-refractivity contribution in [3.63, 3.8) is 0 Å². The highest BCUT2D eigenvalue weighted by Crippen LogP contribution is 2.47. The third-order valence-electron chi connectivity index (χ3n) is 24.8. The molecule has 0 spiro atoms. The third kappa shape index (κ3) is 13.5. The lowest BCUT2D eigenvalue weighted by Crippen LogP contribution is -1.92. The third-order valence-corrected chi connectivity index (χ3v) is 24.8. The van der Waals surface area contributed by atoms with Crippen molar-refractivity contribution < 1.29 is 0 Å². The van der Waals surface area contributed by atoms with Gasteiger partial charge in [0, 0.05) is 88.7 Å². The highest BCUT2D eigenvalue weighted by molar-refractivity contribution is 6.33. The zero-order valence-corrected chi connectivity index (χ0v) is 68.6. The molecule has 0 saturated heterocycles. The van der Waals surface area contributed by atoms with Gasteiger partial charge in [-0.05, 0) is 268 Å². The normalized spacial score (nSPS) is 11.5. The second kappa shape index (κ2) is 31.6. The van der Waals surface area contributed by atoms with Crippen LogP contribution in [0.3, 0.4) is 0 Å². The smallest absolute Gasteiger partial charge is 0.0955 e. The van der Waals surface area contributed by atoms with Crippen LogP contribution in [-0.4, -0.2) is 44.4 Å². The zero-order valence-electron chi connectivity index (χ0n) is 68.6. The van der Waals surface area contributed by atoms with Gasteiger partial charge >= 0.3 is 0 Å². The number of fused-ring (bicyclic) bond motifs is 20. The SMILES string of the molecule is Cn1cnc2ccc(-c3cccc(-c4ccc5ccc6ccc7ccccc7c6c5c4)n3)cc21.c1ccc(-c2ccnc(-c3cc4ccc5cc(-c6cc(-c7ccccc7)ccn6)c6ccccc6c5c4c4ccccc34)c2)cc1.c1ccc(-c2ccnc(-c3cc4ccc5cc(-c6cc(-c7ccccn7)ccn6)c6ccccc6c5c4c4ccccc34)c2)nc1. The Morgan fingerprint density at radius 2 is 0.500 bits per heavy atom. The van der Waals surface area contributed by atoms with Gasteiger partial charge in [0.15, 0.2) is 0 Å². The number of benzene rings is 17. The van der Waals surface area contributed by atoms with E-state index < -0.39 is 0 Å². The van der Waals surface area contributed by atoms with Gasteiger partial charge in [-0.25, -0.2) is 9.97 Å². The highest BCUT2D eigenvalue weighted by atomic mass is 15.0. The molecule has 0 atom stereocenters. The van der Waals surface area contributed by atoms with E-state index >= 15 is 0 Å². The van der Waals surface area contributed by atoms with Gasteiger partial charge in [0.05, 0.1) is 62.9 Å². The molecule has 17 aromatic carbocycles. The summed E-state index contributed by atoms with van der Waals surface area (Å²) in [6.07, 6.45) is 13.1. The monoisotopic (exact) mass is 1610 g/mol. The van der Waals surface area contributed by atoms with Gasteiger partial charge in [0.2, 0.25) is 0 Å². The molecule has 8 heterocycles. The van der Waals surface area contributed by atoms with E-state index in [-0.39, 0.29) is 0 Å². The van der Waals surface area contributed by atoms with Gasteiger partial charge in [-0.1, -0.05) is 267 Å². The van der Waals surface area contributed by atoms with Crippen LogP contribution in [0.4, 0.5) is 0 Å². The zero-order chi connectivity index (χ0) is 83.5. The van der Waals surface area contributed by atoms with Crippen LogP contribution in [0.25, 0.3) is 242 Å². The van der Waals surface area contributed by atoms with E-state index in [2.05, 4.69) is 361 Å². The van der Waals surface area contributed by atoms with Crippen molar-refractivity contribution in [2.75, 3.05) is 0 Å². The van der Waals surface area contributed by atoms with Crippen LogP contribution >= 0.6 is 0 Å². The van der Waals surface area contributed by atoms with Crippen molar-refractivity contribution in [2.45, 2.75) is 0 Å². The first-order chi connectivity index (χ1) is 62.4. The van der Waals surface area contributed by atoms with Crippen molar-refractivity contribution in [1.29, 1.82) is 0 Å². The Kier molecular flexibility index (Phi) is 18.6. The first-order valence-electron chi connectivity index (χ1n) is 42.5. The van der Waals surface area contributed by atoms with Gasteiger partial charge in [0.1, 0.15) is 0 Å². The summed E-state index contributed by atoms with van der Waals surface area (Å²) in [4.78, 5) is 38.1. The van der Waals surface area contributed by atoms with Crippen LogP contribution in [-0.2, 0) is 7.05 Å². The molecule has 9 nitrogen and oxygen atoms in total. The van der Waals surface area contributed by atoms with E-state index in [0.717, 1.165) is 112 Å². The Balaban J connectivity index is 0.000000110. The van der Waals surface area contributed by atoms with Crippen LogP contribution in [0, 0.1) is 0 Å². The number of hydrogen-bond acceptors (Lipinski definition) is 8. The number of nitrogens with zero attached hydrogens (tertiary/aromatic N) is 9. The van der Waals surface area contributed by atoms with E-state index in [9.17, 15) is 0 Å². The molecule has 8 aromatic heterocycles. The summed E-state index contributed by atoms with van der Waals surface area (Å²) in [5, 5.41) is 27.0. The molecule has 0 bridgehead atoms. The summed E-state index contributed by atoms with van der Waals surface area (Å²) >= 11 is 0. The molecule has 25 rings (SSSR count). The predicted octanol–water partition coefficient (Wildman–Crippen LogP) is 30.1. The Bertz CT molecular complexity index is 7880. The molecule has 9 heteroatoms. The van der Waals surface area contributed by atoms with Gasteiger partial charge in [0.25, 0.3) is 0 Å². The van der Waals surface area contributed by atoms with Gasteiger partial charge < -0.3 is 4.57 Å². The fourth-order valence-electron chi connectivity index (χ4n) is 18.8. The minimum atomic E-state index is 0.931. The molecule has 0 fully saturated rings. The summed E-state index contributed by atoms with van der Waals surface area (Å²) in [5.74, 6) is 0. The maximum Gasteiger partial charge on any atom is 0.0955 e. The molecule has 0 aliphatic heterocycles. The standard InChI is InChI=1S/C44H28N2.C42H26N4.C31H21N3/c1-3-11-29(12-4-1)31-21-23-45-41(27-31)39-25-33-19-20-34-26-40(42-28-32(22-24-46-42)30-13-5-2-6-14-30)36-16-8-10-18-38(36)44(34)43(33)37-17-9-7-15-35(37)39;1-3-11-33-31(9-1)35(39-25-27(17-21-45-39)37-13-5-7-19-43-37)23-29-15-16-30-24-36(32-10-2-4-12-34(32)42(30)41(29)33)40-26-28(18-22-46-40)38-14-6-8-20-44-38;1-34-19-32-29-16-15-24(18-30(29)34)28-8-4-7-27(33-28)23-14-11-21-10-13-22-12-9-20-5-2-3-6-25(20)31(22)26(21)17-23/h1-28H;1-26H;2-19H,1H3. The quantitative estimate of drug-likeness (QED) is 0.125. The molecule has 0 amide bonds. The topological polar surface area (TPSA) is 108 Å². The van der Waals surface area contributed by atoms with Gasteiger partial charge in [-0.3, -0.25) is 29.9 Å². The Morgan fingerprint density at radius 1 is 0.175 bits per heavy atom. The molecule has 126 heavy (non-hydrogen) atoms. The van der Waals surface area contributed by atoms with Gasteiger partial charge in [-0.15, -0.1) is 0 Å². The summed E-state index contributed by atoms with van der Waals surface area (Å²) in [5.41, 5.74) is 23.2. The van der Waals surface area contributed by atoms with Crippen molar-refractivity contribution >= 4 is 130 Å². The average molecular weight is 1610 g/mol. The number of aryl methyl sites for hydroxylation is 1. The van der Waals surface area contributed by atoms with Crippen molar-refractivity contribution in [2.24, 2.45) is 7.05 Å². The molecule has 0 N–H and O–H groups in total. The molecule has 25 aromatic rings. The van der Waals surface area contributed by atoms with Crippen LogP contribution in [0.5, 0.6) is 0 Å². The second-order valence-corrected chi connectivity index (χ2v) is 32.1. The Hall–Kier alpha value is -16.9. The van der Waals surface area contributed by atoms with E-state index in [1.807, 2.05) is 104 Å². The van der Waals surface area contributed by atoms with Crippen molar-refractivity contribution in [3.05, 3.63) is 438 Å². The summed E-state index contributed by atoms with van der Waals surface area (Å²) in [6, 6.07) is 140. The van der Waals surface area contributed by atoms with E-state index in [1.54, 1.807) is 0 Å². The maximum absolute atomic E-state index is 5.05. The van der Waals surface area contributed by atoms with Crippen LogP contribution in [0.15, 0.2) is 438 Å². The largest absolute Gasteiger partial charge is 0.334 e. The fraction of sp³-hybridized carbons (Fsp3) is 0.00855. The fourth-order valence-corrected chi connectivity index (χ4v) is 18.8. The molecule has 0 unspecified atom stereocenters. The van der Waals surface area contributed by atoms with E-state index in [1.165, 1.54) is 130 Å². The number of imidazole rings is 1. The Morgan fingerprint density at radius 3 is 0.937 bits per heavy atom. The van der Waals surface area contributed by atoms with Gasteiger partial charge in [-0.2, -0.15) is 0 Å². The van der Waals surface area contributed by atoms with Crippen molar-refractivity contribution in [1.82, 2.24) is 44.4 Å². The summed E-state index contributed by atoms with van der Waals surface area (Å²) in [6.45, 7) is 0. The van der Waals surface area contributed by atoms with E-state index in [4.69, 9.17) is 24.9 Å². The molecule has 0 saturated carbocycles. The second-order valence-electron chi connectivity index (χ2n) is 32.1. The molecular formula is C117H75N9. The average Bonchev–Trinajstić information content (AvgIpc) is 0.767. The number of rotatable bonds is 10. The Labute approximate surface area is 726 Å².